The number of benzene rings is 1. The first-order chi connectivity index (χ1) is 12.7. The van der Waals surface area contributed by atoms with Crippen molar-refractivity contribution in [2.24, 2.45) is 0 Å². The molecule has 0 spiro atoms. The first kappa shape index (κ1) is 22.5. The van der Waals surface area contributed by atoms with Gasteiger partial charge in [-0.2, -0.15) is 0 Å². The molecule has 1 aromatic rings. The zero-order valence-electron chi connectivity index (χ0n) is 17.1. The highest BCUT2D eigenvalue weighted by Crippen LogP contribution is 2.16. The molecule has 0 bridgehead atoms. The Morgan fingerprint density at radius 1 is 0.846 bits per heavy atom. The van der Waals surface area contributed by atoms with Crippen molar-refractivity contribution in [2.45, 2.75) is 104 Å². The van der Waals surface area contributed by atoms with Crippen molar-refractivity contribution in [1.82, 2.24) is 0 Å². The summed E-state index contributed by atoms with van der Waals surface area (Å²) in [6.07, 6.45) is 13.3. The minimum atomic E-state index is -0.492. The van der Waals surface area contributed by atoms with Crippen molar-refractivity contribution in [3.8, 4) is 5.75 Å². The van der Waals surface area contributed by atoms with E-state index in [4.69, 9.17) is 9.47 Å². The maximum Gasteiger partial charge on any atom is 0.308 e. The molecule has 0 fully saturated rings. The number of esters is 1. The maximum atomic E-state index is 12.0. The average molecular weight is 363 g/mol. The van der Waals surface area contributed by atoms with Gasteiger partial charge in [0.25, 0.3) is 0 Å². The Hall–Kier alpha value is -1.51. The predicted molar refractivity (Wildman–Crippen MR) is 108 cm³/mol. The molecule has 1 aromatic carbocycles. The average Bonchev–Trinajstić information content (AvgIpc) is 2.64. The molecule has 0 aromatic heterocycles. The highest BCUT2D eigenvalue weighted by Gasteiger charge is 2.13. The van der Waals surface area contributed by atoms with Crippen LogP contribution < -0.4 is 4.74 Å². The van der Waals surface area contributed by atoms with Crippen LogP contribution in [0.15, 0.2) is 24.3 Å². The maximum absolute atomic E-state index is 12.0. The van der Waals surface area contributed by atoms with E-state index in [-0.39, 0.29) is 5.97 Å². The fourth-order valence-electron chi connectivity index (χ4n) is 2.92. The fraction of sp³-hybridized carbons (Fsp3) is 0.696. The van der Waals surface area contributed by atoms with E-state index >= 15 is 0 Å². The van der Waals surface area contributed by atoms with E-state index in [0.29, 0.717) is 12.8 Å². The summed E-state index contributed by atoms with van der Waals surface area (Å²) < 4.78 is 11.2. The van der Waals surface area contributed by atoms with Crippen molar-refractivity contribution >= 4 is 5.97 Å². The third-order valence-electron chi connectivity index (χ3n) is 4.62. The molecule has 0 radical (unpaired) electrons. The Kier molecular flexibility index (Phi) is 12.7. The number of hydrogen-bond acceptors (Lipinski definition) is 3. The molecule has 1 atom stereocenters. The van der Waals surface area contributed by atoms with E-state index in [9.17, 15) is 4.79 Å². The second kappa shape index (κ2) is 14.6. The van der Waals surface area contributed by atoms with E-state index in [0.717, 1.165) is 18.6 Å². The summed E-state index contributed by atoms with van der Waals surface area (Å²) in [5.41, 5.74) is 1.18. The van der Waals surface area contributed by atoms with Crippen molar-refractivity contribution in [3.63, 3.8) is 0 Å². The number of ether oxygens (including phenoxy) is 2. The van der Waals surface area contributed by atoms with Gasteiger partial charge in [-0.05, 0) is 25.5 Å². The Morgan fingerprint density at radius 2 is 1.38 bits per heavy atom. The SMILES string of the molecule is CCCCCCCCCCCCC(=O)OC(CC)Oc1ccc(C)cc1. The molecule has 0 saturated carbocycles. The summed E-state index contributed by atoms with van der Waals surface area (Å²) in [6, 6.07) is 7.81. The number of aryl methyl sites for hydroxylation is 1. The van der Waals surface area contributed by atoms with Crippen LogP contribution in [0.2, 0.25) is 0 Å². The van der Waals surface area contributed by atoms with Crippen molar-refractivity contribution in [2.75, 3.05) is 0 Å². The molecular formula is C23H38O3. The van der Waals surface area contributed by atoms with Crippen LogP contribution in [-0.2, 0) is 9.53 Å². The normalized spacial score (nSPS) is 12.0. The minimum Gasteiger partial charge on any atom is -0.455 e. The van der Waals surface area contributed by atoms with E-state index in [1.807, 2.05) is 38.1 Å². The highest BCUT2D eigenvalue weighted by atomic mass is 16.7. The van der Waals surface area contributed by atoms with E-state index < -0.39 is 6.29 Å². The Balaban J connectivity index is 2.06. The topological polar surface area (TPSA) is 35.5 Å². The first-order valence-electron chi connectivity index (χ1n) is 10.6. The lowest BCUT2D eigenvalue weighted by Gasteiger charge is -2.18. The van der Waals surface area contributed by atoms with E-state index in [2.05, 4.69) is 6.92 Å². The van der Waals surface area contributed by atoms with Gasteiger partial charge in [-0.25, -0.2) is 0 Å². The molecule has 3 heteroatoms. The molecule has 0 aliphatic heterocycles. The van der Waals surface area contributed by atoms with Gasteiger partial charge in [-0.15, -0.1) is 0 Å². The molecule has 0 aliphatic carbocycles. The second-order valence-corrected chi connectivity index (χ2v) is 7.19. The zero-order valence-corrected chi connectivity index (χ0v) is 17.1. The molecule has 3 nitrogen and oxygen atoms in total. The molecule has 0 amide bonds. The second-order valence-electron chi connectivity index (χ2n) is 7.19. The molecule has 0 saturated heterocycles. The van der Waals surface area contributed by atoms with Gasteiger partial charge in [0.05, 0.1) is 0 Å². The number of carbonyl (C=O) groups is 1. The number of carbonyl (C=O) groups excluding carboxylic acids is 1. The third-order valence-corrected chi connectivity index (χ3v) is 4.62. The Bertz CT molecular complexity index is 467. The molecule has 1 unspecified atom stereocenters. The van der Waals surface area contributed by atoms with E-state index in [1.54, 1.807) is 0 Å². The lowest BCUT2D eigenvalue weighted by molar-refractivity contribution is -0.164. The summed E-state index contributed by atoms with van der Waals surface area (Å²) >= 11 is 0. The van der Waals surface area contributed by atoms with Gasteiger partial charge in [0.15, 0.2) is 0 Å². The summed E-state index contributed by atoms with van der Waals surface area (Å²) in [6.45, 7) is 6.25. The predicted octanol–water partition coefficient (Wildman–Crippen LogP) is 6.96. The van der Waals surface area contributed by atoms with Crippen LogP contribution in [0.1, 0.15) is 96.5 Å². The van der Waals surface area contributed by atoms with Gasteiger partial charge in [0, 0.05) is 12.8 Å². The highest BCUT2D eigenvalue weighted by molar-refractivity contribution is 5.69. The van der Waals surface area contributed by atoms with Gasteiger partial charge in [-0.1, -0.05) is 89.3 Å². The summed E-state index contributed by atoms with van der Waals surface area (Å²) in [5, 5.41) is 0. The van der Waals surface area contributed by atoms with Crippen LogP contribution in [0.3, 0.4) is 0 Å². The smallest absolute Gasteiger partial charge is 0.308 e. The van der Waals surface area contributed by atoms with Crippen LogP contribution >= 0.6 is 0 Å². The zero-order chi connectivity index (χ0) is 19.0. The fourth-order valence-corrected chi connectivity index (χ4v) is 2.92. The number of rotatable bonds is 15. The molecule has 148 valence electrons. The largest absolute Gasteiger partial charge is 0.455 e. The van der Waals surface area contributed by atoms with Crippen LogP contribution in [0.4, 0.5) is 0 Å². The lowest BCUT2D eigenvalue weighted by atomic mass is 10.1. The monoisotopic (exact) mass is 362 g/mol. The Morgan fingerprint density at radius 3 is 1.92 bits per heavy atom. The summed E-state index contributed by atoms with van der Waals surface area (Å²) in [4.78, 5) is 12.0. The van der Waals surface area contributed by atoms with Crippen molar-refractivity contribution in [3.05, 3.63) is 29.8 Å². The van der Waals surface area contributed by atoms with Crippen LogP contribution in [0.5, 0.6) is 5.75 Å². The van der Waals surface area contributed by atoms with Gasteiger partial charge in [0.1, 0.15) is 5.75 Å². The van der Waals surface area contributed by atoms with Gasteiger partial charge < -0.3 is 9.47 Å². The summed E-state index contributed by atoms with van der Waals surface area (Å²) in [7, 11) is 0. The van der Waals surface area contributed by atoms with Crippen molar-refractivity contribution < 1.29 is 14.3 Å². The number of unbranched alkanes of at least 4 members (excludes halogenated alkanes) is 9. The first-order valence-corrected chi connectivity index (χ1v) is 10.6. The van der Waals surface area contributed by atoms with Crippen LogP contribution in [0.25, 0.3) is 0 Å². The third kappa shape index (κ3) is 11.2. The van der Waals surface area contributed by atoms with Gasteiger partial charge >= 0.3 is 5.97 Å². The lowest BCUT2D eigenvalue weighted by Crippen LogP contribution is -2.23. The van der Waals surface area contributed by atoms with Crippen molar-refractivity contribution in [1.29, 1.82) is 0 Å². The van der Waals surface area contributed by atoms with E-state index in [1.165, 1.54) is 56.9 Å². The molecule has 26 heavy (non-hydrogen) atoms. The van der Waals surface area contributed by atoms with Crippen LogP contribution in [-0.4, -0.2) is 12.3 Å². The Labute approximate surface area is 160 Å². The standard InChI is InChI=1S/C23H38O3/c1-4-6-7-8-9-10-11-12-13-14-15-22(24)26-23(5-2)25-21-18-16-20(3)17-19-21/h16-19,23H,4-15H2,1-3H3. The number of hydrogen-bond donors (Lipinski definition) is 0. The quantitative estimate of drug-likeness (QED) is 0.192. The van der Waals surface area contributed by atoms with Gasteiger partial charge in [-0.3, -0.25) is 4.79 Å². The molecule has 0 heterocycles. The molecule has 0 aliphatic rings. The molecule has 0 N–H and O–H groups in total. The summed E-state index contributed by atoms with van der Waals surface area (Å²) in [5.74, 6) is 0.595. The molecule has 1 rings (SSSR count). The minimum absolute atomic E-state index is 0.150. The van der Waals surface area contributed by atoms with Gasteiger partial charge in [0.2, 0.25) is 6.29 Å². The van der Waals surface area contributed by atoms with Crippen LogP contribution in [0, 0.1) is 6.92 Å². The molecular weight excluding hydrogens is 324 g/mol.